The van der Waals surface area contributed by atoms with E-state index >= 15 is 0 Å². The summed E-state index contributed by atoms with van der Waals surface area (Å²) in [6, 6.07) is 11.9. The molecule has 0 saturated heterocycles. The fourth-order valence-corrected chi connectivity index (χ4v) is 12.3. The van der Waals surface area contributed by atoms with Crippen molar-refractivity contribution in [2.75, 3.05) is 0 Å². The van der Waals surface area contributed by atoms with Gasteiger partial charge in [0, 0.05) is 0 Å². The molecule has 2 aliphatic carbocycles. The summed E-state index contributed by atoms with van der Waals surface area (Å²) < 4.78 is 13.1. The van der Waals surface area contributed by atoms with Crippen LogP contribution in [0.3, 0.4) is 0 Å². The monoisotopic (exact) mass is 496 g/mol. The van der Waals surface area contributed by atoms with Crippen LogP contribution >= 0.6 is 0 Å². The van der Waals surface area contributed by atoms with Crippen molar-refractivity contribution >= 4 is 11.4 Å². The molecule has 2 aromatic rings. The predicted molar refractivity (Wildman–Crippen MR) is 112 cm³/mol. The topological polar surface area (TPSA) is 105 Å². The van der Waals surface area contributed by atoms with Crippen molar-refractivity contribution in [1.82, 2.24) is 0 Å². The second-order valence-electron chi connectivity index (χ2n) is 7.02. The standard InChI is InChI=1S/2C6H5NO3.2C5H5.Zr/c2*8-6-3-1-5(2-4-6)7(9)10;2*1-2-4-5-3-1;/h2*1-4,8H;2*1-5H;/q;;;;+2/p-2. The van der Waals surface area contributed by atoms with Crippen molar-refractivity contribution in [2.45, 2.75) is 7.25 Å². The summed E-state index contributed by atoms with van der Waals surface area (Å²) >= 11 is -4.18. The maximum absolute atomic E-state index is 11.0. The van der Waals surface area contributed by atoms with E-state index in [9.17, 15) is 20.2 Å². The fraction of sp³-hybridized carbons (Fsp3) is 0.0909. The number of allylic oxidation sites excluding steroid dienone is 8. The van der Waals surface area contributed by atoms with Gasteiger partial charge in [-0.15, -0.1) is 0 Å². The molecule has 156 valence electrons. The van der Waals surface area contributed by atoms with Crippen molar-refractivity contribution in [3.8, 4) is 11.5 Å². The minimum atomic E-state index is -4.18. The first-order chi connectivity index (χ1) is 15.0. The molecule has 0 N–H and O–H groups in total. The Morgan fingerprint density at radius 3 is 1.23 bits per heavy atom. The third-order valence-corrected chi connectivity index (χ3v) is 14.3. The van der Waals surface area contributed by atoms with Gasteiger partial charge in [0.15, 0.2) is 0 Å². The molecule has 0 heterocycles. The second kappa shape index (κ2) is 8.82. The van der Waals surface area contributed by atoms with Crippen LogP contribution in [0.25, 0.3) is 0 Å². The van der Waals surface area contributed by atoms with Gasteiger partial charge in [0.2, 0.25) is 0 Å². The number of non-ortho nitro benzene ring substituents is 2. The van der Waals surface area contributed by atoms with Crippen molar-refractivity contribution in [2.24, 2.45) is 0 Å². The number of hydrogen-bond acceptors (Lipinski definition) is 6. The van der Waals surface area contributed by atoms with Gasteiger partial charge in [-0.25, -0.2) is 0 Å². The van der Waals surface area contributed by atoms with Crippen LogP contribution in [0, 0.1) is 20.2 Å². The Balaban J connectivity index is 1.74. The number of benzene rings is 2. The molecule has 0 unspecified atom stereocenters. The zero-order valence-electron chi connectivity index (χ0n) is 16.2. The Bertz CT molecular complexity index is 992. The Morgan fingerprint density at radius 1 is 0.613 bits per heavy atom. The summed E-state index contributed by atoms with van der Waals surface area (Å²) in [6.45, 7) is 0. The summed E-state index contributed by atoms with van der Waals surface area (Å²) in [7, 11) is 0. The second-order valence-corrected chi connectivity index (χ2v) is 14.8. The van der Waals surface area contributed by atoms with Gasteiger partial charge in [-0.2, -0.15) is 0 Å². The van der Waals surface area contributed by atoms with E-state index in [1.807, 2.05) is 48.6 Å². The summed E-state index contributed by atoms with van der Waals surface area (Å²) in [5, 5.41) is 22.0. The number of rotatable bonds is 8. The fourth-order valence-electron chi connectivity index (χ4n) is 3.56. The molecule has 31 heavy (non-hydrogen) atoms. The van der Waals surface area contributed by atoms with Gasteiger partial charge in [0.1, 0.15) is 0 Å². The van der Waals surface area contributed by atoms with Crippen LogP contribution in [0.1, 0.15) is 0 Å². The number of nitrogens with zero attached hydrogens (tertiary/aromatic N) is 2. The molecule has 0 atom stereocenters. The summed E-state index contributed by atoms with van der Waals surface area (Å²) in [6.07, 6.45) is 15.9. The maximum atomic E-state index is 11.0. The third-order valence-electron chi connectivity index (χ3n) is 5.08. The van der Waals surface area contributed by atoms with Gasteiger partial charge in [0.05, 0.1) is 0 Å². The SMILES string of the molecule is O=[N+]([O-])c1ccc([O][Zr]([O]c2ccc([N+](=O)[O-])cc2)([CH]2C=CC=C2)[CH]2C=CC=C2)cc1. The summed E-state index contributed by atoms with van der Waals surface area (Å²) in [5.41, 5.74) is -0.0449. The van der Waals surface area contributed by atoms with Gasteiger partial charge in [-0.1, -0.05) is 0 Å². The van der Waals surface area contributed by atoms with E-state index in [4.69, 9.17) is 5.63 Å². The van der Waals surface area contributed by atoms with Crippen molar-refractivity contribution < 1.29 is 36.6 Å². The van der Waals surface area contributed by atoms with E-state index in [2.05, 4.69) is 0 Å². The van der Waals surface area contributed by atoms with E-state index < -0.39 is 31.0 Å². The number of nitro benzene ring substituents is 2. The molecular weight excluding hydrogens is 479 g/mol. The van der Waals surface area contributed by atoms with Crippen LogP contribution in [-0.4, -0.2) is 9.85 Å². The average Bonchev–Trinajstić information content (AvgIpc) is 3.49. The van der Waals surface area contributed by atoms with Gasteiger partial charge in [-0.05, 0) is 0 Å². The Hall–Kier alpha value is -3.32. The minimum absolute atomic E-state index is 0.0225. The van der Waals surface area contributed by atoms with Gasteiger partial charge in [0.25, 0.3) is 0 Å². The van der Waals surface area contributed by atoms with E-state index in [1.54, 1.807) is 24.3 Å². The van der Waals surface area contributed by atoms with Crippen LogP contribution in [0.5, 0.6) is 11.5 Å². The average molecular weight is 498 g/mol. The van der Waals surface area contributed by atoms with E-state index in [1.165, 1.54) is 24.3 Å². The van der Waals surface area contributed by atoms with Crippen molar-refractivity contribution in [3.63, 3.8) is 0 Å². The Kier molecular flexibility index (Phi) is 5.95. The molecule has 2 aliphatic rings. The van der Waals surface area contributed by atoms with Gasteiger partial charge >= 0.3 is 184 Å². The summed E-state index contributed by atoms with van der Waals surface area (Å²) in [5.74, 6) is 0.983. The number of nitro groups is 2. The van der Waals surface area contributed by atoms with E-state index in [0.717, 1.165) is 0 Å². The van der Waals surface area contributed by atoms with Gasteiger partial charge < -0.3 is 0 Å². The predicted octanol–water partition coefficient (Wildman–Crippen LogP) is 5.77. The van der Waals surface area contributed by atoms with Crippen molar-refractivity contribution in [1.29, 1.82) is 0 Å². The molecule has 0 fully saturated rings. The molecule has 0 radical (unpaired) electrons. The Labute approximate surface area is 183 Å². The third kappa shape index (κ3) is 4.41. The van der Waals surface area contributed by atoms with Gasteiger partial charge in [-0.3, -0.25) is 0 Å². The molecule has 4 rings (SSSR count). The van der Waals surface area contributed by atoms with Crippen molar-refractivity contribution in [3.05, 3.63) is 117 Å². The van der Waals surface area contributed by atoms with Crippen LogP contribution in [0.2, 0.25) is 7.25 Å². The normalized spacial score (nSPS) is 15.5. The molecule has 0 aliphatic heterocycles. The molecule has 9 heteroatoms. The van der Waals surface area contributed by atoms with E-state index in [-0.39, 0.29) is 18.6 Å². The van der Waals surface area contributed by atoms with Crippen LogP contribution in [-0.2, 0) is 21.1 Å². The first-order valence-electron chi connectivity index (χ1n) is 9.55. The molecule has 8 nitrogen and oxygen atoms in total. The zero-order chi connectivity index (χ0) is 21.8. The molecule has 2 aromatic carbocycles. The van der Waals surface area contributed by atoms with Crippen LogP contribution < -0.4 is 5.63 Å². The molecular formula is C22H18N2O6Zr. The molecule has 0 saturated carbocycles. The Morgan fingerprint density at radius 2 is 0.935 bits per heavy atom. The molecule has 0 bridgehead atoms. The molecule has 0 amide bonds. The van der Waals surface area contributed by atoms with Crippen LogP contribution in [0.15, 0.2) is 97.1 Å². The quantitative estimate of drug-likeness (QED) is 0.338. The molecule has 0 spiro atoms. The first kappa shape index (κ1) is 20.9. The van der Waals surface area contributed by atoms with E-state index in [0.29, 0.717) is 11.5 Å². The molecule has 0 aromatic heterocycles. The zero-order valence-corrected chi connectivity index (χ0v) is 18.7. The summed E-state index contributed by atoms with van der Waals surface area (Å²) in [4.78, 5) is 21.1. The first-order valence-corrected chi connectivity index (χ1v) is 14.4. The number of hydrogen-bond donors (Lipinski definition) is 0. The van der Waals surface area contributed by atoms with Crippen LogP contribution in [0.4, 0.5) is 11.4 Å².